The van der Waals surface area contributed by atoms with Crippen molar-refractivity contribution in [3.05, 3.63) is 60.5 Å². The van der Waals surface area contributed by atoms with E-state index in [0.717, 1.165) is 22.0 Å². The standard InChI is InChI=1S/C19H18FNO2/c1-19(2,3)23-18(22)21-12-16(13-8-10-14(20)11-9-13)15-6-4-5-7-17(15)21/h4-12H,1-3H3. The van der Waals surface area contributed by atoms with Crippen molar-refractivity contribution in [3.63, 3.8) is 0 Å². The lowest BCUT2D eigenvalue weighted by Gasteiger charge is -2.19. The quantitative estimate of drug-likeness (QED) is 0.616. The van der Waals surface area contributed by atoms with Crippen molar-refractivity contribution in [2.24, 2.45) is 0 Å². The second-order valence-electron chi connectivity index (χ2n) is 6.42. The van der Waals surface area contributed by atoms with Gasteiger partial charge in [-0.05, 0) is 44.5 Å². The number of hydrogen-bond donors (Lipinski definition) is 0. The molecule has 3 aromatic rings. The van der Waals surface area contributed by atoms with Crippen molar-refractivity contribution in [2.45, 2.75) is 26.4 Å². The highest BCUT2D eigenvalue weighted by molar-refractivity contribution is 6.00. The number of carbonyl (C=O) groups excluding carboxylic acids is 1. The Morgan fingerprint density at radius 2 is 1.70 bits per heavy atom. The first-order valence-electron chi connectivity index (χ1n) is 7.44. The first-order chi connectivity index (χ1) is 10.8. The van der Waals surface area contributed by atoms with E-state index in [1.165, 1.54) is 16.7 Å². The van der Waals surface area contributed by atoms with Crippen molar-refractivity contribution in [1.82, 2.24) is 4.57 Å². The Morgan fingerprint density at radius 3 is 2.35 bits per heavy atom. The summed E-state index contributed by atoms with van der Waals surface area (Å²) >= 11 is 0. The van der Waals surface area contributed by atoms with E-state index in [1.54, 1.807) is 18.3 Å². The van der Waals surface area contributed by atoms with Crippen LogP contribution in [0, 0.1) is 5.82 Å². The SMILES string of the molecule is CC(C)(C)OC(=O)n1cc(-c2ccc(F)cc2)c2ccccc21. The fourth-order valence-corrected chi connectivity index (χ4v) is 2.50. The molecule has 23 heavy (non-hydrogen) atoms. The predicted octanol–water partition coefficient (Wildman–Crippen LogP) is 5.23. The van der Waals surface area contributed by atoms with Crippen LogP contribution in [0.3, 0.4) is 0 Å². The van der Waals surface area contributed by atoms with Gasteiger partial charge in [-0.15, -0.1) is 0 Å². The van der Waals surface area contributed by atoms with Crippen molar-refractivity contribution in [1.29, 1.82) is 0 Å². The third-order valence-corrected chi connectivity index (χ3v) is 3.46. The Kier molecular flexibility index (Phi) is 3.68. The molecule has 0 atom stereocenters. The second kappa shape index (κ2) is 5.54. The smallest absolute Gasteiger partial charge is 0.419 e. The molecule has 3 nitrogen and oxygen atoms in total. The molecular formula is C19H18FNO2. The van der Waals surface area contributed by atoms with Crippen molar-refractivity contribution in [3.8, 4) is 11.1 Å². The van der Waals surface area contributed by atoms with E-state index in [9.17, 15) is 9.18 Å². The van der Waals surface area contributed by atoms with Crippen LogP contribution in [0.2, 0.25) is 0 Å². The van der Waals surface area contributed by atoms with Crippen LogP contribution in [-0.4, -0.2) is 16.3 Å². The lowest BCUT2D eigenvalue weighted by molar-refractivity contribution is 0.0544. The number of hydrogen-bond acceptors (Lipinski definition) is 2. The summed E-state index contributed by atoms with van der Waals surface area (Å²) in [6.45, 7) is 5.49. The Hall–Kier alpha value is -2.62. The van der Waals surface area contributed by atoms with Gasteiger partial charge in [-0.3, -0.25) is 4.57 Å². The van der Waals surface area contributed by atoms with Crippen molar-refractivity contribution in [2.75, 3.05) is 0 Å². The Balaban J connectivity index is 2.14. The molecule has 118 valence electrons. The minimum atomic E-state index is -0.571. The minimum Gasteiger partial charge on any atom is -0.443 e. The summed E-state index contributed by atoms with van der Waals surface area (Å²) < 4.78 is 20.1. The number of para-hydroxylation sites is 1. The molecule has 1 aromatic heterocycles. The molecular weight excluding hydrogens is 293 g/mol. The lowest BCUT2D eigenvalue weighted by atomic mass is 10.1. The highest BCUT2D eigenvalue weighted by Gasteiger charge is 2.21. The maximum absolute atomic E-state index is 13.2. The van der Waals surface area contributed by atoms with Crippen LogP contribution in [0.4, 0.5) is 9.18 Å². The van der Waals surface area contributed by atoms with Gasteiger partial charge in [-0.1, -0.05) is 30.3 Å². The maximum atomic E-state index is 13.2. The molecule has 3 rings (SSSR count). The highest BCUT2D eigenvalue weighted by Crippen LogP contribution is 2.31. The van der Waals surface area contributed by atoms with Crippen LogP contribution >= 0.6 is 0 Å². The lowest BCUT2D eigenvalue weighted by Crippen LogP contribution is -2.26. The van der Waals surface area contributed by atoms with Gasteiger partial charge in [0, 0.05) is 17.1 Å². The number of aromatic nitrogens is 1. The van der Waals surface area contributed by atoms with Gasteiger partial charge in [0.05, 0.1) is 5.52 Å². The number of ether oxygens (including phenoxy) is 1. The average Bonchev–Trinajstić information content (AvgIpc) is 2.86. The average molecular weight is 311 g/mol. The number of fused-ring (bicyclic) bond motifs is 1. The van der Waals surface area contributed by atoms with Gasteiger partial charge in [-0.25, -0.2) is 9.18 Å². The van der Waals surface area contributed by atoms with Gasteiger partial charge < -0.3 is 4.74 Å². The molecule has 0 spiro atoms. The van der Waals surface area contributed by atoms with Gasteiger partial charge in [0.2, 0.25) is 0 Å². The van der Waals surface area contributed by atoms with Crippen LogP contribution in [-0.2, 0) is 4.74 Å². The Morgan fingerprint density at radius 1 is 1.04 bits per heavy atom. The summed E-state index contributed by atoms with van der Waals surface area (Å²) in [7, 11) is 0. The van der Waals surface area contributed by atoms with Gasteiger partial charge in [0.15, 0.2) is 0 Å². The molecule has 0 bridgehead atoms. The number of nitrogens with zero attached hydrogens (tertiary/aromatic N) is 1. The number of halogens is 1. The van der Waals surface area contributed by atoms with E-state index in [2.05, 4.69) is 0 Å². The van der Waals surface area contributed by atoms with Crippen LogP contribution in [0.5, 0.6) is 0 Å². The first-order valence-corrected chi connectivity index (χ1v) is 7.44. The molecule has 0 N–H and O–H groups in total. The third kappa shape index (κ3) is 3.11. The third-order valence-electron chi connectivity index (χ3n) is 3.46. The normalized spacial score (nSPS) is 11.7. The van der Waals surface area contributed by atoms with E-state index in [1.807, 2.05) is 45.0 Å². The zero-order valence-corrected chi connectivity index (χ0v) is 13.3. The van der Waals surface area contributed by atoms with Crippen molar-refractivity contribution >= 4 is 17.0 Å². The molecule has 0 radical (unpaired) electrons. The molecule has 0 saturated carbocycles. The summed E-state index contributed by atoms with van der Waals surface area (Å²) in [5.74, 6) is -0.287. The summed E-state index contributed by atoms with van der Waals surface area (Å²) in [6.07, 6.45) is 1.31. The first kappa shape index (κ1) is 15.3. The second-order valence-corrected chi connectivity index (χ2v) is 6.42. The Bertz CT molecular complexity index is 857. The van der Waals surface area contributed by atoms with Gasteiger partial charge in [-0.2, -0.15) is 0 Å². The molecule has 0 unspecified atom stereocenters. The zero-order valence-electron chi connectivity index (χ0n) is 13.3. The molecule has 0 aliphatic heterocycles. The zero-order chi connectivity index (χ0) is 16.6. The fourth-order valence-electron chi connectivity index (χ4n) is 2.50. The van der Waals surface area contributed by atoms with E-state index in [-0.39, 0.29) is 5.82 Å². The van der Waals surface area contributed by atoms with E-state index in [4.69, 9.17) is 4.74 Å². The molecule has 0 aliphatic rings. The summed E-state index contributed by atoms with van der Waals surface area (Å²) in [5.41, 5.74) is 1.91. The minimum absolute atomic E-state index is 0.287. The topological polar surface area (TPSA) is 31.2 Å². The van der Waals surface area contributed by atoms with Gasteiger partial charge in [0.25, 0.3) is 0 Å². The van der Waals surface area contributed by atoms with Crippen LogP contribution in [0.1, 0.15) is 20.8 Å². The van der Waals surface area contributed by atoms with Crippen molar-refractivity contribution < 1.29 is 13.9 Å². The molecule has 4 heteroatoms. The predicted molar refractivity (Wildman–Crippen MR) is 89.0 cm³/mol. The number of rotatable bonds is 1. The summed E-state index contributed by atoms with van der Waals surface area (Å²) in [4.78, 5) is 12.5. The van der Waals surface area contributed by atoms with Crippen LogP contribution in [0.25, 0.3) is 22.0 Å². The van der Waals surface area contributed by atoms with Crippen LogP contribution in [0.15, 0.2) is 54.7 Å². The van der Waals surface area contributed by atoms with Gasteiger partial charge in [0.1, 0.15) is 11.4 Å². The highest BCUT2D eigenvalue weighted by atomic mass is 19.1. The molecule has 0 amide bonds. The van der Waals surface area contributed by atoms with Crippen LogP contribution < -0.4 is 0 Å². The molecule has 0 fully saturated rings. The molecule has 1 heterocycles. The van der Waals surface area contributed by atoms with E-state index >= 15 is 0 Å². The van der Waals surface area contributed by atoms with E-state index < -0.39 is 11.7 Å². The summed E-state index contributed by atoms with van der Waals surface area (Å²) in [5, 5.41) is 0.921. The Labute approximate surface area is 134 Å². The van der Waals surface area contributed by atoms with E-state index in [0.29, 0.717) is 0 Å². The summed E-state index contributed by atoms with van der Waals surface area (Å²) in [6, 6.07) is 13.8. The fraction of sp³-hybridized carbons (Fsp3) is 0.211. The maximum Gasteiger partial charge on any atom is 0.419 e. The number of benzene rings is 2. The largest absolute Gasteiger partial charge is 0.443 e. The molecule has 2 aromatic carbocycles. The molecule has 0 saturated heterocycles. The van der Waals surface area contributed by atoms with Gasteiger partial charge >= 0.3 is 6.09 Å². The monoisotopic (exact) mass is 311 g/mol. The number of carbonyl (C=O) groups is 1. The molecule has 0 aliphatic carbocycles.